The van der Waals surface area contributed by atoms with Crippen LogP contribution < -0.4 is 10.6 Å². The lowest BCUT2D eigenvalue weighted by atomic mass is 9.96. The number of hydrogen-bond acceptors (Lipinski definition) is 6. The van der Waals surface area contributed by atoms with E-state index in [0.717, 1.165) is 48.7 Å². The van der Waals surface area contributed by atoms with Crippen molar-refractivity contribution in [2.24, 2.45) is 10.7 Å². The number of hydrogen-bond donors (Lipinski definition) is 2. The predicted molar refractivity (Wildman–Crippen MR) is 120 cm³/mol. The quantitative estimate of drug-likeness (QED) is 0.704. The number of aromatic nitrogens is 2. The summed E-state index contributed by atoms with van der Waals surface area (Å²) in [5.41, 5.74) is 10.9. The maximum atomic E-state index is 9.55. The number of benzene rings is 2. The van der Waals surface area contributed by atoms with Gasteiger partial charge in [-0.3, -0.25) is 0 Å². The van der Waals surface area contributed by atoms with E-state index in [1.165, 1.54) is 5.69 Å². The highest BCUT2D eigenvalue weighted by molar-refractivity contribution is 5.82. The van der Waals surface area contributed by atoms with E-state index in [9.17, 15) is 5.11 Å². The van der Waals surface area contributed by atoms with Gasteiger partial charge in [-0.1, -0.05) is 24.3 Å². The molecule has 0 saturated carbocycles. The van der Waals surface area contributed by atoms with Crippen LogP contribution in [0.5, 0.6) is 5.75 Å². The van der Waals surface area contributed by atoms with Crippen LogP contribution in [0, 0.1) is 0 Å². The molecule has 3 heterocycles. The molecular formula is C23H26N6O. The summed E-state index contributed by atoms with van der Waals surface area (Å²) in [5, 5.41) is 14.1. The number of phenolic OH excluding ortho intramolecular Hbond substituents is 1. The first kappa shape index (κ1) is 18.8. The molecule has 154 valence electrons. The average Bonchev–Trinajstić information content (AvgIpc) is 3.21. The molecule has 3 aromatic rings. The molecule has 2 unspecified atom stereocenters. The third-order valence-electron chi connectivity index (χ3n) is 6.08. The Labute approximate surface area is 176 Å². The van der Waals surface area contributed by atoms with E-state index in [2.05, 4.69) is 46.2 Å². The fourth-order valence-corrected chi connectivity index (χ4v) is 4.21. The number of aliphatic imine (C=N–C) groups is 1. The molecule has 2 atom stereocenters. The van der Waals surface area contributed by atoms with Gasteiger partial charge in [-0.15, -0.1) is 0 Å². The first-order chi connectivity index (χ1) is 14.6. The third-order valence-corrected chi connectivity index (χ3v) is 6.08. The number of phenols is 1. The molecule has 5 rings (SSSR count). The van der Waals surface area contributed by atoms with Crippen LogP contribution in [0.15, 0.2) is 59.7 Å². The average molecular weight is 403 g/mol. The van der Waals surface area contributed by atoms with E-state index >= 15 is 0 Å². The van der Waals surface area contributed by atoms with E-state index in [4.69, 9.17) is 10.7 Å². The summed E-state index contributed by atoms with van der Waals surface area (Å²) in [5.74, 6) is 0.929. The maximum Gasteiger partial charge on any atom is 0.159 e. The van der Waals surface area contributed by atoms with Crippen LogP contribution in [0.1, 0.15) is 17.6 Å². The molecule has 1 fully saturated rings. The van der Waals surface area contributed by atoms with Gasteiger partial charge in [-0.2, -0.15) is 5.10 Å². The molecule has 0 spiro atoms. The molecule has 2 aromatic carbocycles. The van der Waals surface area contributed by atoms with E-state index in [0.29, 0.717) is 0 Å². The lowest BCUT2D eigenvalue weighted by Crippen LogP contribution is -2.44. The highest BCUT2D eigenvalue weighted by Gasteiger charge is 2.28. The number of rotatable bonds is 3. The fraction of sp³-hybridized carbons (Fsp3) is 0.304. The van der Waals surface area contributed by atoms with Gasteiger partial charge in [0.2, 0.25) is 0 Å². The molecule has 0 radical (unpaired) electrons. The van der Waals surface area contributed by atoms with Gasteiger partial charge in [-0.25, -0.2) is 9.67 Å². The van der Waals surface area contributed by atoms with E-state index < -0.39 is 0 Å². The second-order valence-electron chi connectivity index (χ2n) is 8.05. The lowest BCUT2D eigenvalue weighted by molar-refractivity contribution is 0.313. The minimum absolute atomic E-state index is 0.0949. The Hall–Kier alpha value is -3.16. The smallest absolute Gasteiger partial charge is 0.159 e. The Morgan fingerprint density at radius 3 is 2.57 bits per heavy atom. The van der Waals surface area contributed by atoms with Crippen molar-refractivity contribution in [3.8, 4) is 16.9 Å². The Morgan fingerprint density at radius 2 is 1.80 bits per heavy atom. The van der Waals surface area contributed by atoms with Gasteiger partial charge < -0.3 is 20.6 Å². The van der Waals surface area contributed by atoms with Gasteiger partial charge in [-0.05, 0) is 42.4 Å². The highest BCUT2D eigenvalue weighted by Crippen LogP contribution is 2.39. The van der Waals surface area contributed by atoms with Gasteiger partial charge in [0, 0.05) is 43.6 Å². The molecule has 0 amide bonds. The molecular weight excluding hydrogens is 376 g/mol. The summed E-state index contributed by atoms with van der Waals surface area (Å²) in [4.78, 5) is 9.51. The molecule has 7 heteroatoms. The summed E-state index contributed by atoms with van der Waals surface area (Å²) in [7, 11) is 2.17. The zero-order valence-corrected chi connectivity index (χ0v) is 17.0. The minimum atomic E-state index is -0.350. The van der Waals surface area contributed by atoms with Gasteiger partial charge in [0.15, 0.2) is 5.82 Å². The van der Waals surface area contributed by atoms with Gasteiger partial charge in [0.05, 0.1) is 12.1 Å². The Balaban J connectivity index is 1.44. The number of aromatic hydroxyl groups is 1. The number of fused-ring (bicyclic) bond motifs is 1. The van der Waals surface area contributed by atoms with E-state index in [1.807, 2.05) is 24.5 Å². The number of nitrogens with two attached hydrogens (primary N) is 1. The Kier molecular flexibility index (Phi) is 4.77. The third kappa shape index (κ3) is 3.36. The summed E-state index contributed by atoms with van der Waals surface area (Å²) in [6.07, 6.45) is 3.40. The number of anilines is 1. The van der Waals surface area contributed by atoms with Crippen LogP contribution in [0.25, 0.3) is 11.1 Å². The second-order valence-corrected chi connectivity index (χ2v) is 8.05. The van der Waals surface area contributed by atoms with Crippen molar-refractivity contribution in [1.82, 2.24) is 14.7 Å². The van der Waals surface area contributed by atoms with E-state index in [1.54, 1.807) is 16.8 Å². The standard InChI is InChI=1S/C23H26N6O/c1-27-9-11-28(12-10-27)18-4-2-3-17(13-18)21-15-26-29-22(24)20(14-25-23(21)29)16-5-7-19(30)8-6-16/h2-8,13-15,20,22,30H,9-12,24H2,1H3. The highest BCUT2D eigenvalue weighted by atomic mass is 16.3. The van der Waals surface area contributed by atoms with Gasteiger partial charge >= 0.3 is 0 Å². The fourth-order valence-electron chi connectivity index (χ4n) is 4.21. The summed E-state index contributed by atoms with van der Waals surface area (Å²) in [6.45, 7) is 4.21. The van der Waals surface area contributed by atoms with Gasteiger partial charge in [0.1, 0.15) is 11.9 Å². The normalized spacial score (nSPS) is 21.6. The predicted octanol–water partition coefficient (Wildman–Crippen LogP) is 2.96. The van der Waals surface area contributed by atoms with Crippen molar-refractivity contribution in [3.05, 3.63) is 60.3 Å². The molecule has 0 bridgehead atoms. The number of nitrogens with zero attached hydrogens (tertiary/aromatic N) is 5. The number of piperazine rings is 1. The number of likely N-dealkylation sites (N-methyl/N-ethyl adjacent to an activating group) is 1. The summed E-state index contributed by atoms with van der Waals surface area (Å²) < 4.78 is 1.80. The zero-order valence-electron chi connectivity index (χ0n) is 17.0. The first-order valence-electron chi connectivity index (χ1n) is 10.3. The lowest BCUT2D eigenvalue weighted by Gasteiger charge is -2.34. The molecule has 2 aliphatic heterocycles. The largest absolute Gasteiger partial charge is 0.508 e. The van der Waals surface area contributed by atoms with Crippen molar-refractivity contribution in [1.29, 1.82) is 0 Å². The van der Waals surface area contributed by atoms with Crippen LogP contribution in [0.4, 0.5) is 11.5 Å². The Morgan fingerprint density at radius 1 is 1.03 bits per heavy atom. The minimum Gasteiger partial charge on any atom is -0.508 e. The van der Waals surface area contributed by atoms with Crippen LogP contribution in [-0.4, -0.2) is 59.2 Å². The SMILES string of the molecule is CN1CCN(c2cccc(-c3cnn4c3N=CC(c3ccc(O)cc3)C4N)c2)CC1. The molecule has 2 aliphatic rings. The Bertz CT molecular complexity index is 1070. The summed E-state index contributed by atoms with van der Waals surface area (Å²) >= 11 is 0. The molecule has 0 aliphatic carbocycles. The molecule has 30 heavy (non-hydrogen) atoms. The maximum absolute atomic E-state index is 9.55. The van der Waals surface area contributed by atoms with Crippen LogP contribution in [0.3, 0.4) is 0 Å². The van der Waals surface area contributed by atoms with Crippen LogP contribution in [-0.2, 0) is 0 Å². The van der Waals surface area contributed by atoms with Crippen molar-refractivity contribution in [2.75, 3.05) is 38.1 Å². The first-order valence-corrected chi connectivity index (χ1v) is 10.3. The monoisotopic (exact) mass is 402 g/mol. The second kappa shape index (κ2) is 7.59. The molecule has 7 nitrogen and oxygen atoms in total. The topological polar surface area (TPSA) is 82.9 Å². The van der Waals surface area contributed by atoms with Crippen LogP contribution in [0.2, 0.25) is 0 Å². The zero-order chi connectivity index (χ0) is 20.7. The molecule has 3 N–H and O–H groups in total. The van der Waals surface area contributed by atoms with Crippen molar-refractivity contribution in [2.45, 2.75) is 12.1 Å². The van der Waals surface area contributed by atoms with Crippen molar-refractivity contribution < 1.29 is 5.11 Å². The van der Waals surface area contributed by atoms with Crippen LogP contribution >= 0.6 is 0 Å². The molecule has 1 saturated heterocycles. The van der Waals surface area contributed by atoms with E-state index in [-0.39, 0.29) is 17.8 Å². The summed E-state index contributed by atoms with van der Waals surface area (Å²) in [6, 6.07) is 15.7. The van der Waals surface area contributed by atoms with Crippen molar-refractivity contribution >= 4 is 17.7 Å². The van der Waals surface area contributed by atoms with Gasteiger partial charge in [0.25, 0.3) is 0 Å². The van der Waals surface area contributed by atoms with Crippen molar-refractivity contribution in [3.63, 3.8) is 0 Å². The molecule has 1 aromatic heterocycles.